The maximum atomic E-state index is 13.4. The van der Waals surface area contributed by atoms with Crippen LogP contribution in [0.3, 0.4) is 0 Å². The Kier molecular flexibility index (Phi) is 8.82. The van der Waals surface area contributed by atoms with Gasteiger partial charge in [-0.25, -0.2) is 9.59 Å². The molecule has 1 saturated carbocycles. The number of halogens is 1. The molecule has 2 saturated heterocycles. The maximum absolute atomic E-state index is 13.4. The Bertz CT molecular complexity index is 990. The van der Waals surface area contributed by atoms with Gasteiger partial charge in [0.05, 0.1) is 12.1 Å². The molecule has 1 aromatic carbocycles. The van der Waals surface area contributed by atoms with Gasteiger partial charge in [-0.3, -0.25) is 4.79 Å². The number of β-amino-alcohol motifs (C(OH)–C–C–N with tert-alkyl or cyclic N) is 1. The first-order chi connectivity index (χ1) is 17.7. The van der Waals surface area contributed by atoms with E-state index >= 15 is 0 Å². The van der Waals surface area contributed by atoms with Gasteiger partial charge in [-0.1, -0.05) is 17.7 Å². The topological polar surface area (TPSA) is 114 Å². The number of rotatable bonds is 8. The van der Waals surface area contributed by atoms with Crippen LogP contribution in [0.4, 0.5) is 15.3 Å². The molecule has 37 heavy (non-hydrogen) atoms. The molecule has 3 fully saturated rings. The Morgan fingerprint density at radius 3 is 2.70 bits per heavy atom. The van der Waals surface area contributed by atoms with E-state index in [1.165, 1.54) is 4.90 Å². The average molecular weight is 536 g/mol. The third-order valence-corrected chi connectivity index (χ3v) is 8.17. The zero-order valence-electron chi connectivity index (χ0n) is 21.6. The fourth-order valence-electron chi connectivity index (χ4n) is 5.35. The number of nitrogens with one attached hydrogen (secondary N) is 2. The van der Waals surface area contributed by atoms with Crippen molar-refractivity contribution in [3.63, 3.8) is 0 Å². The third kappa shape index (κ3) is 6.66. The van der Waals surface area contributed by atoms with E-state index in [-0.39, 0.29) is 36.1 Å². The number of carbonyl (C=O) groups excluding carboxylic acids is 3. The van der Waals surface area contributed by atoms with Gasteiger partial charge in [0.15, 0.2) is 0 Å². The second kappa shape index (κ2) is 11.9. The van der Waals surface area contributed by atoms with E-state index < -0.39 is 12.1 Å². The Morgan fingerprint density at radius 1 is 1.24 bits per heavy atom. The molecule has 0 unspecified atom stereocenters. The number of likely N-dealkylation sites (tertiary alicyclic amines) is 1. The van der Waals surface area contributed by atoms with E-state index in [4.69, 9.17) is 16.3 Å². The monoisotopic (exact) mass is 535 g/mol. The molecule has 0 bridgehead atoms. The van der Waals surface area contributed by atoms with Gasteiger partial charge in [0, 0.05) is 43.4 Å². The van der Waals surface area contributed by atoms with Crippen LogP contribution < -0.4 is 10.6 Å². The quantitative estimate of drug-likeness (QED) is 0.471. The number of benzene rings is 1. The number of hydrogen-bond acceptors (Lipinski definition) is 6. The van der Waals surface area contributed by atoms with E-state index in [0.717, 1.165) is 25.8 Å². The summed E-state index contributed by atoms with van der Waals surface area (Å²) in [4.78, 5) is 43.8. The first kappa shape index (κ1) is 27.5. The van der Waals surface area contributed by atoms with E-state index in [2.05, 4.69) is 15.5 Å². The van der Waals surface area contributed by atoms with Crippen molar-refractivity contribution in [1.82, 2.24) is 20.0 Å². The highest BCUT2D eigenvalue weighted by molar-refractivity contribution is 6.30. The minimum absolute atomic E-state index is 0.0688. The first-order valence-corrected chi connectivity index (χ1v) is 13.5. The summed E-state index contributed by atoms with van der Waals surface area (Å²) < 4.78 is 5.43. The van der Waals surface area contributed by atoms with Crippen molar-refractivity contribution in [1.29, 1.82) is 0 Å². The van der Waals surface area contributed by atoms with Gasteiger partial charge in [-0.2, -0.15) is 0 Å². The molecule has 11 heteroatoms. The van der Waals surface area contributed by atoms with Crippen LogP contribution in [0.2, 0.25) is 5.02 Å². The standard InChI is InChI=1S/C26H38ClN5O5/c1-3-28-25(36)37-17-21(7-11-30-12-10-26(8-9-26)22(33)16-30)32-14-13-31(18(2)23(32)34)24(35)29-20-6-4-5-19(27)15-20/h4-6,15,18,21-22,33H,3,7-14,16-17H2,1-2H3,(H,28,36)(H,29,35)/t18-,21-,22+/m0/s1. The van der Waals surface area contributed by atoms with Crippen molar-refractivity contribution in [2.45, 2.75) is 57.7 Å². The molecule has 3 N–H and O–H groups in total. The molecule has 4 amide bonds. The first-order valence-electron chi connectivity index (χ1n) is 13.2. The lowest BCUT2D eigenvalue weighted by molar-refractivity contribution is -0.143. The van der Waals surface area contributed by atoms with E-state index in [1.54, 1.807) is 36.1 Å². The lowest BCUT2D eigenvalue weighted by Crippen LogP contribution is -2.61. The largest absolute Gasteiger partial charge is 0.447 e. The SMILES string of the molecule is CCNC(=O)OC[C@H](CCN1CCC2(CC2)[C@H](O)C1)N1CCN(C(=O)Nc2cccc(Cl)c2)[C@@H](C)C1=O. The Morgan fingerprint density at radius 2 is 2.03 bits per heavy atom. The molecular formula is C26H38ClN5O5. The average Bonchev–Trinajstić information content (AvgIpc) is 3.64. The molecule has 3 aliphatic rings. The highest BCUT2D eigenvalue weighted by Crippen LogP contribution is 2.53. The van der Waals surface area contributed by atoms with Crippen molar-refractivity contribution in [3.8, 4) is 0 Å². The molecule has 4 rings (SSSR count). The van der Waals surface area contributed by atoms with Gasteiger partial charge in [0.2, 0.25) is 5.91 Å². The number of piperazine rings is 1. The normalized spacial score (nSPS) is 24.1. The van der Waals surface area contributed by atoms with Gasteiger partial charge in [-0.05, 0) is 69.7 Å². The number of alkyl carbamates (subject to hydrolysis) is 1. The van der Waals surface area contributed by atoms with Crippen LogP contribution in [0.15, 0.2) is 24.3 Å². The molecule has 1 aromatic rings. The summed E-state index contributed by atoms with van der Waals surface area (Å²) in [5, 5.41) is 16.5. The second-order valence-corrected chi connectivity index (χ2v) is 10.8. The van der Waals surface area contributed by atoms with Crippen LogP contribution in [0.5, 0.6) is 0 Å². The molecular weight excluding hydrogens is 498 g/mol. The van der Waals surface area contributed by atoms with Crippen LogP contribution in [0, 0.1) is 5.41 Å². The molecule has 0 radical (unpaired) electrons. The number of nitrogens with zero attached hydrogens (tertiary/aromatic N) is 3. The van der Waals surface area contributed by atoms with E-state index in [0.29, 0.717) is 49.9 Å². The van der Waals surface area contributed by atoms with E-state index in [9.17, 15) is 19.5 Å². The molecule has 2 aliphatic heterocycles. The zero-order chi connectivity index (χ0) is 26.6. The lowest BCUT2D eigenvalue weighted by atomic mass is 9.90. The van der Waals surface area contributed by atoms with Crippen LogP contribution in [0.1, 0.15) is 39.5 Å². The van der Waals surface area contributed by atoms with Crippen LogP contribution in [0.25, 0.3) is 0 Å². The zero-order valence-corrected chi connectivity index (χ0v) is 22.4. The summed E-state index contributed by atoms with van der Waals surface area (Å²) in [5.74, 6) is -0.187. The molecule has 1 spiro atoms. The highest BCUT2D eigenvalue weighted by Gasteiger charge is 2.51. The minimum atomic E-state index is -0.675. The van der Waals surface area contributed by atoms with Gasteiger partial charge >= 0.3 is 12.1 Å². The number of urea groups is 1. The van der Waals surface area contributed by atoms with Crippen molar-refractivity contribution in [3.05, 3.63) is 29.3 Å². The number of amides is 4. The van der Waals surface area contributed by atoms with E-state index in [1.807, 2.05) is 6.92 Å². The molecule has 3 atom stereocenters. The molecule has 10 nitrogen and oxygen atoms in total. The van der Waals surface area contributed by atoms with Crippen LogP contribution in [-0.4, -0.2) is 102 Å². The Balaban J connectivity index is 1.37. The Labute approximate surface area is 223 Å². The number of ether oxygens (including phenoxy) is 1. The molecule has 2 heterocycles. The maximum Gasteiger partial charge on any atom is 0.407 e. The fourth-order valence-corrected chi connectivity index (χ4v) is 5.54. The smallest absolute Gasteiger partial charge is 0.407 e. The van der Waals surface area contributed by atoms with Gasteiger partial charge in [0.1, 0.15) is 12.6 Å². The van der Waals surface area contributed by atoms with Gasteiger partial charge < -0.3 is 35.2 Å². The van der Waals surface area contributed by atoms with Crippen molar-refractivity contribution < 1.29 is 24.2 Å². The summed E-state index contributed by atoms with van der Waals surface area (Å²) in [6.07, 6.45) is 2.97. The fraction of sp³-hybridized carbons (Fsp3) is 0.654. The third-order valence-electron chi connectivity index (χ3n) is 7.93. The van der Waals surface area contributed by atoms with Gasteiger partial charge in [-0.15, -0.1) is 0 Å². The summed E-state index contributed by atoms with van der Waals surface area (Å²) in [6, 6.07) is 5.49. The number of aliphatic hydroxyl groups excluding tert-OH is 1. The van der Waals surface area contributed by atoms with Crippen LogP contribution >= 0.6 is 11.6 Å². The predicted octanol–water partition coefficient (Wildman–Crippen LogP) is 2.76. The Hall–Kier alpha value is -2.56. The molecule has 1 aliphatic carbocycles. The number of piperidine rings is 1. The van der Waals surface area contributed by atoms with Crippen molar-refractivity contribution in [2.75, 3.05) is 51.2 Å². The minimum Gasteiger partial charge on any atom is -0.447 e. The lowest BCUT2D eigenvalue weighted by Gasteiger charge is -2.43. The van der Waals surface area contributed by atoms with Crippen LogP contribution in [-0.2, 0) is 9.53 Å². The molecule has 0 aromatic heterocycles. The van der Waals surface area contributed by atoms with Crippen molar-refractivity contribution in [2.24, 2.45) is 5.41 Å². The van der Waals surface area contributed by atoms with Gasteiger partial charge in [0.25, 0.3) is 0 Å². The summed E-state index contributed by atoms with van der Waals surface area (Å²) in [5.41, 5.74) is 0.689. The summed E-state index contributed by atoms with van der Waals surface area (Å²) >= 11 is 6.02. The van der Waals surface area contributed by atoms with Crippen molar-refractivity contribution >= 4 is 35.3 Å². The summed E-state index contributed by atoms with van der Waals surface area (Å²) in [6.45, 7) is 6.97. The number of carbonyl (C=O) groups is 3. The summed E-state index contributed by atoms with van der Waals surface area (Å²) in [7, 11) is 0. The highest BCUT2D eigenvalue weighted by atomic mass is 35.5. The number of aliphatic hydroxyl groups is 1. The second-order valence-electron chi connectivity index (χ2n) is 10.3. The number of hydrogen-bond donors (Lipinski definition) is 3. The number of anilines is 1. The molecule has 204 valence electrons. The predicted molar refractivity (Wildman–Crippen MR) is 141 cm³/mol.